The Balaban J connectivity index is 1.56. The minimum atomic E-state index is -0.297. The number of aromatic nitrogens is 2. The Hall–Kier alpha value is -2.87. The van der Waals surface area contributed by atoms with Crippen molar-refractivity contribution in [1.82, 2.24) is 14.3 Å². The van der Waals surface area contributed by atoms with Crippen molar-refractivity contribution < 1.29 is 9.18 Å². The van der Waals surface area contributed by atoms with E-state index in [-0.39, 0.29) is 11.7 Å². The fraction of sp³-hybridized carbons (Fsp3) is 0.0909. The first kappa shape index (κ1) is 20.4. The van der Waals surface area contributed by atoms with Crippen molar-refractivity contribution in [3.8, 4) is 11.4 Å². The van der Waals surface area contributed by atoms with Crippen LogP contribution in [0.1, 0.15) is 10.4 Å². The van der Waals surface area contributed by atoms with Crippen LogP contribution >= 0.6 is 23.5 Å². The first-order valence-electron chi connectivity index (χ1n) is 9.11. The first-order chi connectivity index (χ1) is 14.4. The van der Waals surface area contributed by atoms with Crippen LogP contribution in [0.15, 0.2) is 65.6 Å². The lowest BCUT2D eigenvalue weighted by molar-refractivity contribution is 0.102. The quantitative estimate of drug-likeness (QED) is 0.382. The van der Waals surface area contributed by atoms with E-state index in [1.807, 2.05) is 24.5 Å². The van der Waals surface area contributed by atoms with Crippen LogP contribution in [0.2, 0.25) is 5.02 Å². The number of carbonyl (C=O) groups is 1. The summed E-state index contributed by atoms with van der Waals surface area (Å²) in [6.07, 6.45) is 0. The maximum Gasteiger partial charge on any atom is 0.255 e. The SMILES string of the molecule is CN(C)Sc1cc(C(=O)Nc2ccc3[nH]c(-c4ccc(F)cc4)nc3c2)ccc1Cl. The van der Waals surface area contributed by atoms with Crippen LogP contribution in [0.25, 0.3) is 22.4 Å². The van der Waals surface area contributed by atoms with E-state index in [1.54, 1.807) is 42.5 Å². The Kier molecular flexibility index (Phi) is 5.76. The molecule has 0 spiro atoms. The molecule has 0 radical (unpaired) electrons. The van der Waals surface area contributed by atoms with Gasteiger partial charge in [-0.05, 0) is 86.7 Å². The summed E-state index contributed by atoms with van der Waals surface area (Å²) in [5.74, 6) is 0.103. The summed E-state index contributed by atoms with van der Waals surface area (Å²) >= 11 is 7.67. The van der Waals surface area contributed by atoms with Crippen LogP contribution in [0.3, 0.4) is 0 Å². The molecule has 4 aromatic rings. The van der Waals surface area contributed by atoms with E-state index in [1.165, 1.54) is 24.1 Å². The number of aromatic amines is 1. The van der Waals surface area contributed by atoms with Gasteiger partial charge in [-0.15, -0.1) is 0 Å². The zero-order valence-electron chi connectivity index (χ0n) is 16.2. The van der Waals surface area contributed by atoms with Gasteiger partial charge in [-0.1, -0.05) is 11.6 Å². The van der Waals surface area contributed by atoms with Crippen molar-refractivity contribution in [3.05, 3.63) is 77.1 Å². The van der Waals surface area contributed by atoms with E-state index in [2.05, 4.69) is 15.3 Å². The molecular weight excluding hydrogens is 423 g/mol. The van der Waals surface area contributed by atoms with Gasteiger partial charge in [-0.3, -0.25) is 9.10 Å². The number of hydrogen-bond donors (Lipinski definition) is 2. The van der Waals surface area contributed by atoms with Crippen molar-refractivity contribution >= 4 is 46.2 Å². The van der Waals surface area contributed by atoms with Crippen molar-refractivity contribution in [2.24, 2.45) is 0 Å². The van der Waals surface area contributed by atoms with Crippen molar-refractivity contribution in [3.63, 3.8) is 0 Å². The maximum atomic E-state index is 13.1. The molecule has 4 rings (SSSR count). The molecule has 0 unspecified atom stereocenters. The summed E-state index contributed by atoms with van der Waals surface area (Å²) in [5, 5.41) is 3.49. The molecule has 1 amide bonds. The molecule has 1 heterocycles. The Morgan fingerprint density at radius 1 is 1.10 bits per heavy atom. The minimum absolute atomic E-state index is 0.235. The average Bonchev–Trinajstić information content (AvgIpc) is 3.13. The van der Waals surface area contributed by atoms with E-state index in [0.29, 0.717) is 27.6 Å². The molecule has 0 fully saturated rings. The fourth-order valence-corrected chi connectivity index (χ4v) is 3.89. The highest BCUT2D eigenvalue weighted by Gasteiger charge is 2.12. The van der Waals surface area contributed by atoms with Crippen LogP contribution in [-0.2, 0) is 0 Å². The largest absolute Gasteiger partial charge is 0.338 e. The standard InChI is InChI=1S/C22H18ClFN4OS/c1-28(2)30-20-11-14(5-9-17(20)23)22(29)25-16-8-10-18-19(12-16)27-21(26-18)13-3-6-15(24)7-4-13/h3-12H,1-2H3,(H,25,29)(H,26,27). The summed E-state index contributed by atoms with van der Waals surface area (Å²) in [6, 6.07) is 16.7. The van der Waals surface area contributed by atoms with Crippen LogP contribution in [-0.4, -0.2) is 34.3 Å². The van der Waals surface area contributed by atoms with Gasteiger partial charge in [0.1, 0.15) is 11.6 Å². The Labute approximate surface area is 182 Å². The number of H-pyrrole nitrogens is 1. The lowest BCUT2D eigenvalue weighted by Crippen LogP contribution is -2.12. The Bertz CT molecular complexity index is 1220. The lowest BCUT2D eigenvalue weighted by atomic mass is 10.2. The first-order valence-corrected chi connectivity index (χ1v) is 10.3. The molecule has 30 heavy (non-hydrogen) atoms. The number of imidazole rings is 1. The van der Waals surface area contributed by atoms with Gasteiger partial charge < -0.3 is 10.3 Å². The molecule has 1 aromatic heterocycles. The number of amides is 1. The number of nitrogens with one attached hydrogen (secondary N) is 2. The summed E-state index contributed by atoms with van der Waals surface area (Å²) in [4.78, 5) is 21.3. The predicted octanol–water partition coefficient (Wildman–Crippen LogP) is 5.84. The van der Waals surface area contributed by atoms with Crippen LogP contribution in [0.5, 0.6) is 0 Å². The Morgan fingerprint density at radius 2 is 1.87 bits per heavy atom. The van der Waals surface area contributed by atoms with Gasteiger partial charge in [0.25, 0.3) is 5.91 Å². The molecule has 2 N–H and O–H groups in total. The van der Waals surface area contributed by atoms with Gasteiger partial charge in [0, 0.05) is 21.7 Å². The van der Waals surface area contributed by atoms with E-state index >= 15 is 0 Å². The Morgan fingerprint density at radius 3 is 2.60 bits per heavy atom. The van der Waals surface area contributed by atoms with Crippen LogP contribution in [0.4, 0.5) is 10.1 Å². The summed E-state index contributed by atoms with van der Waals surface area (Å²) in [7, 11) is 3.82. The number of anilines is 1. The predicted molar refractivity (Wildman–Crippen MR) is 120 cm³/mol. The molecule has 0 saturated carbocycles. The number of hydrogen-bond acceptors (Lipinski definition) is 4. The average molecular weight is 441 g/mol. The fourth-order valence-electron chi connectivity index (χ4n) is 2.94. The molecule has 0 saturated heterocycles. The van der Waals surface area contributed by atoms with E-state index in [9.17, 15) is 9.18 Å². The third-order valence-corrected chi connectivity index (χ3v) is 5.67. The van der Waals surface area contributed by atoms with Gasteiger partial charge in [-0.25, -0.2) is 9.37 Å². The molecule has 3 aromatic carbocycles. The number of benzene rings is 3. The minimum Gasteiger partial charge on any atom is -0.338 e. The monoisotopic (exact) mass is 440 g/mol. The second-order valence-electron chi connectivity index (χ2n) is 6.83. The van der Waals surface area contributed by atoms with Gasteiger partial charge in [-0.2, -0.15) is 0 Å². The molecule has 5 nitrogen and oxygen atoms in total. The molecule has 0 atom stereocenters. The van der Waals surface area contributed by atoms with Crippen molar-refractivity contribution in [2.75, 3.05) is 19.4 Å². The summed E-state index contributed by atoms with van der Waals surface area (Å²) in [6.45, 7) is 0. The molecule has 0 aliphatic rings. The third kappa shape index (κ3) is 4.48. The zero-order chi connectivity index (χ0) is 21.3. The van der Waals surface area contributed by atoms with Gasteiger partial charge >= 0.3 is 0 Å². The number of rotatable bonds is 5. The molecule has 8 heteroatoms. The lowest BCUT2D eigenvalue weighted by Gasteiger charge is -2.12. The highest BCUT2D eigenvalue weighted by molar-refractivity contribution is 7.97. The highest BCUT2D eigenvalue weighted by Crippen LogP contribution is 2.30. The molecule has 0 aliphatic heterocycles. The highest BCUT2D eigenvalue weighted by atomic mass is 35.5. The van der Waals surface area contributed by atoms with Crippen LogP contribution < -0.4 is 5.32 Å². The van der Waals surface area contributed by atoms with Gasteiger partial charge in [0.05, 0.1) is 16.1 Å². The topological polar surface area (TPSA) is 61.0 Å². The summed E-state index contributed by atoms with van der Waals surface area (Å²) < 4.78 is 15.1. The molecule has 0 aliphatic carbocycles. The zero-order valence-corrected chi connectivity index (χ0v) is 17.8. The smallest absolute Gasteiger partial charge is 0.255 e. The normalized spacial score (nSPS) is 11.2. The van der Waals surface area contributed by atoms with E-state index < -0.39 is 0 Å². The van der Waals surface area contributed by atoms with Crippen LogP contribution in [0, 0.1) is 5.82 Å². The second kappa shape index (κ2) is 8.47. The molecule has 152 valence electrons. The third-order valence-electron chi connectivity index (χ3n) is 4.33. The molecular formula is C22H18ClFN4OS. The van der Waals surface area contributed by atoms with E-state index in [0.717, 1.165) is 16.0 Å². The maximum absolute atomic E-state index is 13.1. The van der Waals surface area contributed by atoms with Crippen molar-refractivity contribution in [2.45, 2.75) is 4.90 Å². The summed E-state index contributed by atoms with van der Waals surface area (Å²) in [5.41, 5.74) is 3.44. The van der Waals surface area contributed by atoms with Gasteiger partial charge in [0.2, 0.25) is 0 Å². The number of nitrogens with zero attached hydrogens (tertiary/aromatic N) is 2. The van der Waals surface area contributed by atoms with Crippen molar-refractivity contribution in [1.29, 1.82) is 0 Å². The number of halogens is 2. The van der Waals surface area contributed by atoms with E-state index in [4.69, 9.17) is 11.6 Å². The second-order valence-corrected chi connectivity index (χ2v) is 8.59. The molecule has 0 bridgehead atoms. The number of fused-ring (bicyclic) bond motifs is 1. The van der Waals surface area contributed by atoms with Gasteiger partial charge in [0.15, 0.2) is 0 Å². The number of carbonyl (C=O) groups excluding carboxylic acids is 1.